The summed E-state index contributed by atoms with van der Waals surface area (Å²) in [5.74, 6) is 0.780. The lowest BCUT2D eigenvalue weighted by Crippen LogP contribution is -2.57. The summed E-state index contributed by atoms with van der Waals surface area (Å²) in [5, 5.41) is 4.35. The van der Waals surface area contributed by atoms with E-state index in [1.807, 2.05) is 48.2 Å². The molecule has 2 amide bonds. The fourth-order valence-corrected chi connectivity index (χ4v) is 3.62. The van der Waals surface area contributed by atoms with Gasteiger partial charge in [0.05, 0.1) is 5.02 Å². The number of hydrogen-bond acceptors (Lipinski definition) is 3. The van der Waals surface area contributed by atoms with Crippen molar-refractivity contribution in [3.8, 4) is 0 Å². The molecule has 0 unspecified atom stereocenters. The fourth-order valence-electron chi connectivity index (χ4n) is 3.17. The lowest BCUT2D eigenvalue weighted by Gasteiger charge is -2.40. The Hall–Kier alpha value is -1.98. The average molecular weight is 393 g/mol. The zero-order valence-electron chi connectivity index (χ0n) is 14.7. The standard InChI is InChI=1S/C19H22Cl2N4O/c1-14-13-24(18-17(21)6-3-8-22-18)10-11-25(14)19(26)23-9-7-15-4-2-5-16(20)12-15/h2-6,8,12,14H,7,9-11,13H2,1H3,(H,23,26)/t14-/m1/s1. The van der Waals surface area contributed by atoms with Crippen LogP contribution in [0.15, 0.2) is 42.6 Å². The Morgan fingerprint density at radius 2 is 2.12 bits per heavy atom. The van der Waals surface area contributed by atoms with E-state index in [2.05, 4.69) is 15.2 Å². The van der Waals surface area contributed by atoms with Crippen molar-refractivity contribution in [3.05, 3.63) is 58.2 Å². The third kappa shape index (κ3) is 4.59. The van der Waals surface area contributed by atoms with E-state index in [4.69, 9.17) is 23.2 Å². The van der Waals surface area contributed by atoms with Gasteiger partial charge >= 0.3 is 6.03 Å². The Morgan fingerprint density at radius 3 is 2.85 bits per heavy atom. The molecule has 0 aliphatic carbocycles. The lowest BCUT2D eigenvalue weighted by atomic mass is 10.1. The molecule has 2 aromatic rings. The topological polar surface area (TPSA) is 48.5 Å². The molecule has 1 N–H and O–H groups in total. The Morgan fingerprint density at radius 1 is 1.27 bits per heavy atom. The van der Waals surface area contributed by atoms with E-state index in [1.54, 1.807) is 6.20 Å². The van der Waals surface area contributed by atoms with Crippen molar-refractivity contribution in [1.29, 1.82) is 0 Å². The molecule has 1 aliphatic rings. The zero-order valence-corrected chi connectivity index (χ0v) is 16.2. The molecule has 0 radical (unpaired) electrons. The number of carbonyl (C=O) groups excluding carboxylic acids is 1. The summed E-state index contributed by atoms with van der Waals surface area (Å²) in [6.45, 7) is 4.68. The van der Waals surface area contributed by atoms with Crippen LogP contribution in [0.1, 0.15) is 12.5 Å². The van der Waals surface area contributed by atoms with Crippen molar-refractivity contribution in [1.82, 2.24) is 15.2 Å². The van der Waals surface area contributed by atoms with Crippen LogP contribution in [0.5, 0.6) is 0 Å². The molecule has 138 valence electrons. The number of anilines is 1. The monoisotopic (exact) mass is 392 g/mol. The van der Waals surface area contributed by atoms with Gasteiger partial charge < -0.3 is 15.1 Å². The first-order valence-corrected chi connectivity index (χ1v) is 9.44. The highest BCUT2D eigenvalue weighted by molar-refractivity contribution is 6.32. The minimum atomic E-state index is -0.0358. The smallest absolute Gasteiger partial charge is 0.317 e. The Bertz CT molecular complexity index is 771. The lowest BCUT2D eigenvalue weighted by molar-refractivity contribution is 0.171. The number of pyridine rings is 1. The van der Waals surface area contributed by atoms with Gasteiger partial charge in [-0.1, -0.05) is 35.3 Å². The molecule has 1 aromatic carbocycles. The van der Waals surface area contributed by atoms with Crippen molar-refractivity contribution in [3.63, 3.8) is 0 Å². The van der Waals surface area contributed by atoms with Crippen LogP contribution in [0.3, 0.4) is 0 Å². The molecule has 1 aliphatic heterocycles. The summed E-state index contributed by atoms with van der Waals surface area (Å²) in [4.78, 5) is 20.9. The predicted octanol–water partition coefficient (Wildman–Crippen LogP) is 3.85. The van der Waals surface area contributed by atoms with Crippen LogP contribution in [0, 0.1) is 0 Å². The van der Waals surface area contributed by atoms with E-state index in [0.29, 0.717) is 36.2 Å². The number of benzene rings is 1. The van der Waals surface area contributed by atoms with Crippen molar-refractivity contribution >= 4 is 35.1 Å². The molecule has 1 atom stereocenters. The van der Waals surface area contributed by atoms with Gasteiger partial charge in [-0.2, -0.15) is 0 Å². The minimum absolute atomic E-state index is 0.0358. The van der Waals surface area contributed by atoms with Gasteiger partial charge in [0, 0.05) is 43.4 Å². The summed E-state index contributed by atoms with van der Waals surface area (Å²) in [7, 11) is 0. The van der Waals surface area contributed by atoms with Crippen molar-refractivity contribution in [2.75, 3.05) is 31.1 Å². The molecule has 2 heterocycles. The van der Waals surface area contributed by atoms with Crippen molar-refractivity contribution < 1.29 is 4.79 Å². The third-order valence-corrected chi connectivity index (χ3v) is 5.04. The van der Waals surface area contributed by atoms with Crippen LogP contribution < -0.4 is 10.2 Å². The summed E-state index contributed by atoms with van der Waals surface area (Å²) >= 11 is 12.2. The number of halogens is 2. The fraction of sp³-hybridized carbons (Fsp3) is 0.368. The van der Waals surface area contributed by atoms with Crippen LogP contribution in [-0.4, -0.2) is 48.1 Å². The molecule has 26 heavy (non-hydrogen) atoms. The van der Waals surface area contributed by atoms with Gasteiger partial charge in [-0.05, 0) is 43.2 Å². The molecule has 1 saturated heterocycles. The van der Waals surface area contributed by atoms with E-state index in [-0.39, 0.29) is 12.1 Å². The third-order valence-electron chi connectivity index (χ3n) is 4.51. The second-order valence-electron chi connectivity index (χ2n) is 6.41. The first-order valence-electron chi connectivity index (χ1n) is 8.69. The normalized spacial score (nSPS) is 17.3. The number of urea groups is 1. The summed E-state index contributed by atoms with van der Waals surface area (Å²) in [5.41, 5.74) is 1.11. The number of carbonyl (C=O) groups is 1. The Balaban J connectivity index is 1.51. The summed E-state index contributed by atoms with van der Waals surface area (Å²) in [6, 6.07) is 11.4. The van der Waals surface area contributed by atoms with Gasteiger partial charge in [0.1, 0.15) is 5.82 Å². The van der Waals surface area contributed by atoms with Crippen LogP contribution in [0.2, 0.25) is 10.0 Å². The Labute approximate surface area is 163 Å². The van der Waals surface area contributed by atoms with E-state index in [0.717, 1.165) is 17.8 Å². The van der Waals surface area contributed by atoms with Gasteiger partial charge in [0.2, 0.25) is 0 Å². The maximum Gasteiger partial charge on any atom is 0.317 e. The predicted molar refractivity (Wildman–Crippen MR) is 106 cm³/mol. The number of rotatable bonds is 4. The van der Waals surface area contributed by atoms with Gasteiger partial charge in [0.25, 0.3) is 0 Å². The minimum Gasteiger partial charge on any atom is -0.352 e. The number of hydrogen-bond donors (Lipinski definition) is 1. The van der Waals surface area contributed by atoms with Gasteiger partial charge in [0.15, 0.2) is 0 Å². The van der Waals surface area contributed by atoms with E-state index >= 15 is 0 Å². The van der Waals surface area contributed by atoms with Crippen molar-refractivity contribution in [2.24, 2.45) is 0 Å². The molecule has 3 rings (SSSR count). The van der Waals surface area contributed by atoms with Crippen molar-refractivity contribution in [2.45, 2.75) is 19.4 Å². The largest absolute Gasteiger partial charge is 0.352 e. The molecule has 0 spiro atoms. The molecule has 5 nitrogen and oxygen atoms in total. The van der Waals surface area contributed by atoms with E-state index in [1.165, 1.54) is 0 Å². The molecule has 1 fully saturated rings. The van der Waals surface area contributed by atoms with Gasteiger partial charge in [-0.25, -0.2) is 9.78 Å². The SMILES string of the molecule is C[C@@H]1CN(c2ncccc2Cl)CCN1C(=O)NCCc1cccc(Cl)c1. The molecule has 0 saturated carbocycles. The number of piperazine rings is 1. The van der Waals surface area contributed by atoms with Crippen LogP contribution in [-0.2, 0) is 6.42 Å². The van der Waals surface area contributed by atoms with Crippen LogP contribution in [0.4, 0.5) is 10.6 Å². The Kier molecular flexibility index (Phi) is 6.22. The highest BCUT2D eigenvalue weighted by atomic mass is 35.5. The van der Waals surface area contributed by atoms with Crippen LogP contribution >= 0.6 is 23.2 Å². The number of amides is 2. The molecule has 0 bridgehead atoms. The molecular weight excluding hydrogens is 371 g/mol. The molecule has 1 aromatic heterocycles. The summed E-state index contributed by atoms with van der Waals surface area (Å²) in [6.07, 6.45) is 2.49. The quantitative estimate of drug-likeness (QED) is 0.859. The average Bonchev–Trinajstić information content (AvgIpc) is 2.62. The molecular formula is C19H22Cl2N4O. The number of nitrogens with zero attached hydrogens (tertiary/aromatic N) is 3. The molecule has 7 heteroatoms. The second-order valence-corrected chi connectivity index (χ2v) is 7.25. The highest BCUT2D eigenvalue weighted by Gasteiger charge is 2.28. The zero-order chi connectivity index (χ0) is 18.5. The van der Waals surface area contributed by atoms with Gasteiger partial charge in [-0.3, -0.25) is 0 Å². The van der Waals surface area contributed by atoms with Gasteiger partial charge in [-0.15, -0.1) is 0 Å². The second kappa shape index (κ2) is 8.60. The van der Waals surface area contributed by atoms with Crippen LogP contribution in [0.25, 0.3) is 0 Å². The van der Waals surface area contributed by atoms with E-state index < -0.39 is 0 Å². The maximum absolute atomic E-state index is 12.5. The number of nitrogens with one attached hydrogen (secondary N) is 1. The van der Waals surface area contributed by atoms with E-state index in [9.17, 15) is 4.79 Å². The number of aromatic nitrogens is 1. The first kappa shape index (κ1) is 18.8. The summed E-state index contributed by atoms with van der Waals surface area (Å²) < 4.78 is 0. The highest BCUT2D eigenvalue weighted by Crippen LogP contribution is 2.24. The maximum atomic E-state index is 12.5. The first-order chi connectivity index (χ1) is 12.5.